The standard InChI is InChI=1S/C34H36N2O6/c1-24(31(37)35-29(22-41-33(35)39)20-26-13-7-3-8-14-26)17-18-28(19-25-11-5-2-6-12-25)32(38)36-30(23-42-34(36)40)21-27-15-9-4-10-16-27/h2-16,24,28-30H,17-23H2,1H3/t24-,28+,29?,30?/m0/s1. The summed E-state index contributed by atoms with van der Waals surface area (Å²) in [7, 11) is 0. The van der Waals surface area contributed by atoms with Gasteiger partial charge in [-0.3, -0.25) is 9.59 Å². The molecule has 2 fully saturated rings. The van der Waals surface area contributed by atoms with E-state index in [0.29, 0.717) is 32.1 Å². The molecule has 3 aromatic carbocycles. The molecule has 0 aromatic heterocycles. The zero-order valence-electron chi connectivity index (χ0n) is 23.8. The molecule has 42 heavy (non-hydrogen) atoms. The van der Waals surface area contributed by atoms with Gasteiger partial charge in [0.15, 0.2) is 0 Å². The first kappa shape index (κ1) is 29.0. The monoisotopic (exact) mass is 568 g/mol. The normalized spacial score (nSPS) is 19.7. The number of benzene rings is 3. The van der Waals surface area contributed by atoms with E-state index in [1.165, 1.54) is 9.80 Å². The topological polar surface area (TPSA) is 93.2 Å². The minimum atomic E-state index is -0.633. The van der Waals surface area contributed by atoms with E-state index in [-0.39, 0.29) is 31.1 Å². The largest absolute Gasteiger partial charge is 0.447 e. The molecule has 2 unspecified atom stereocenters. The molecule has 0 bridgehead atoms. The maximum atomic E-state index is 14.0. The van der Waals surface area contributed by atoms with Crippen molar-refractivity contribution in [3.8, 4) is 0 Å². The van der Waals surface area contributed by atoms with Crippen LogP contribution in [0.25, 0.3) is 0 Å². The van der Waals surface area contributed by atoms with Crippen LogP contribution in [0.1, 0.15) is 36.5 Å². The van der Waals surface area contributed by atoms with Gasteiger partial charge in [-0.05, 0) is 48.8 Å². The van der Waals surface area contributed by atoms with Crippen molar-refractivity contribution in [3.63, 3.8) is 0 Å². The molecular weight excluding hydrogens is 532 g/mol. The number of carbonyl (C=O) groups is 4. The molecule has 4 atom stereocenters. The number of hydrogen-bond acceptors (Lipinski definition) is 6. The molecule has 218 valence electrons. The molecule has 0 radical (unpaired) electrons. The molecule has 8 nitrogen and oxygen atoms in total. The lowest BCUT2D eigenvalue weighted by molar-refractivity contribution is -0.136. The first-order valence-corrected chi connectivity index (χ1v) is 14.5. The van der Waals surface area contributed by atoms with E-state index in [0.717, 1.165) is 16.7 Å². The van der Waals surface area contributed by atoms with Crippen LogP contribution in [0.2, 0.25) is 0 Å². The summed E-state index contributed by atoms with van der Waals surface area (Å²) in [6.07, 6.45) is 0.917. The second kappa shape index (κ2) is 13.5. The van der Waals surface area contributed by atoms with Crippen molar-refractivity contribution in [1.29, 1.82) is 0 Å². The second-order valence-corrected chi connectivity index (χ2v) is 11.1. The number of ether oxygens (including phenoxy) is 2. The number of imide groups is 2. The highest BCUT2D eigenvalue weighted by atomic mass is 16.6. The highest BCUT2D eigenvalue weighted by Gasteiger charge is 2.42. The SMILES string of the molecule is C[C@@H](CC[C@H](Cc1ccccc1)C(=O)N1C(=O)OCC1Cc1ccccc1)C(=O)N1C(=O)OCC1Cc1ccccc1. The Morgan fingerprint density at radius 1 is 0.667 bits per heavy atom. The Kier molecular flexibility index (Phi) is 9.31. The van der Waals surface area contributed by atoms with Crippen LogP contribution in [0, 0.1) is 11.8 Å². The summed E-state index contributed by atoms with van der Waals surface area (Å²) in [6.45, 7) is 2.08. The van der Waals surface area contributed by atoms with Crippen LogP contribution in [0.5, 0.6) is 0 Å². The van der Waals surface area contributed by atoms with Gasteiger partial charge in [-0.1, -0.05) is 97.9 Å². The van der Waals surface area contributed by atoms with Crippen LogP contribution in [0.15, 0.2) is 91.0 Å². The quantitative estimate of drug-likeness (QED) is 0.306. The average Bonchev–Trinajstić information content (AvgIpc) is 3.56. The van der Waals surface area contributed by atoms with Crippen LogP contribution in [0.4, 0.5) is 9.59 Å². The Balaban J connectivity index is 1.29. The summed E-state index contributed by atoms with van der Waals surface area (Å²) in [5, 5.41) is 0. The Labute approximate surface area is 246 Å². The summed E-state index contributed by atoms with van der Waals surface area (Å²) >= 11 is 0. The number of amides is 4. The van der Waals surface area contributed by atoms with Gasteiger partial charge in [0.25, 0.3) is 0 Å². The van der Waals surface area contributed by atoms with Crippen LogP contribution < -0.4 is 0 Å². The Bertz CT molecular complexity index is 1380. The number of carbonyl (C=O) groups excluding carboxylic acids is 4. The summed E-state index contributed by atoms with van der Waals surface area (Å²) < 4.78 is 10.6. The average molecular weight is 569 g/mol. The molecule has 5 rings (SSSR count). The van der Waals surface area contributed by atoms with Crippen LogP contribution in [-0.4, -0.2) is 59.1 Å². The van der Waals surface area contributed by atoms with Crippen molar-refractivity contribution in [2.45, 2.75) is 51.1 Å². The lowest BCUT2D eigenvalue weighted by Gasteiger charge is -2.27. The highest BCUT2D eigenvalue weighted by Crippen LogP contribution is 2.27. The van der Waals surface area contributed by atoms with Gasteiger partial charge in [0.05, 0.1) is 12.1 Å². The fourth-order valence-corrected chi connectivity index (χ4v) is 5.75. The molecule has 0 saturated carbocycles. The molecule has 2 heterocycles. The van der Waals surface area contributed by atoms with Crippen molar-refractivity contribution >= 4 is 24.0 Å². The minimum absolute atomic E-state index is 0.145. The lowest BCUT2D eigenvalue weighted by atomic mass is 9.89. The summed E-state index contributed by atoms with van der Waals surface area (Å²) in [6, 6.07) is 28.3. The smallest absolute Gasteiger partial charge is 0.416 e. The second-order valence-electron chi connectivity index (χ2n) is 11.1. The molecule has 0 aliphatic carbocycles. The van der Waals surface area contributed by atoms with E-state index in [2.05, 4.69) is 0 Å². The molecule has 2 aliphatic heterocycles. The molecule has 2 saturated heterocycles. The van der Waals surface area contributed by atoms with Crippen molar-refractivity contribution in [2.75, 3.05) is 13.2 Å². The van der Waals surface area contributed by atoms with Gasteiger partial charge in [0.2, 0.25) is 11.8 Å². The van der Waals surface area contributed by atoms with Crippen molar-refractivity contribution < 1.29 is 28.7 Å². The molecule has 0 spiro atoms. The van der Waals surface area contributed by atoms with Crippen molar-refractivity contribution in [1.82, 2.24) is 9.80 Å². The fourth-order valence-electron chi connectivity index (χ4n) is 5.75. The van der Waals surface area contributed by atoms with Crippen molar-refractivity contribution in [3.05, 3.63) is 108 Å². The summed E-state index contributed by atoms with van der Waals surface area (Å²) in [5.41, 5.74) is 3.00. The molecule has 8 heteroatoms. The first-order valence-electron chi connectivity index (χ1n) is 14.5. The molecule has 0 N–H and O–H groups in total. The molecular formula is C34H36N2O6. The van der Waals surface area contributed by atoms with Gasteiger partial charge >= 0.3 is 12.2 Å². The summed E-state index contributed by atoms with van der Waals surface area (Å²) in [4.78, 5) is 55.3. The minimum Gasteiger partial charge on any atom is -0.447 e. The Morgan fingerprint density at radius 2 is 1.10 bits per heavy atom. The van der Waals surface area contributed by atoms with E-state index in [1.807, 2.05) is 91.0 Å². The third-order valence-electron chi connectivity index (χ3n) is 8.07. The Hall–Kier alpha value is -4.46. The third-order valence-corrected chi connectivity index (χ3v) is 8.07. The summed E-state index contributed by atoms with van der Waals surface area (Å²) in [5.74, 6) is -1.68. The van der Waals surface area contributed by atoms with Crippen LogP contribution in [0.3, 0.4) is 0 Å². The number of cyclic esters (lactones) is 2. The van der Waals surface area contributed by atoms with Gasteiger partial charge in [-0.2, -0.15) is 0 Å². The van der Waals surface area contributed by atoms with Gasteiger partial charge in [-0.25, -0.2) is 19.4 Å². The Morgan fingerprint density at radius 3 is 1.57 bits per heavy atom. The van der Waals surface area contributed by atoms with Gasteiger partial charge in [0, 0.05) is 11.8 Å². The van der Waals surface area contributed by atoms with Crippen molar-refractivity contribution in [2.24, 2.45) is 11.8 Å². The highest BCUT2D eigenvalue weighted by molar-refractivity contribution is 5.96. The van der Waals surface area contributed by atoms with Crippen LogP contribution >= 0.6 is 0 Å². The van der Waals surface area contributed by atoms with E-state index in [1.54, 1.807) is 6.92 Å². The van der Waals surface area contributed by atoms with Gasteiger partial charge < -0.3 is 9.47 Å². The molecule has 2 aliphatic rings. The molecule has 4 amide bonds. The predicted molar refractivity (Wildman–Crippen MR) is 156 cm³/mol. The number of nitrogens with zero attached hydrogens (tertiary/aromatic N) is 2. The van der Waals surface area contributed by atoms with E-state index >= 15 is 0 Å². The van der Waals surface area contributed by atoms with E-state index in [9.17, 15) is 19.2 Å². The fraction of sp³-hybridized carbons (Fsp3) is 0.353. The number of hydrogen-bond donors (Lipinski definition) is 0. The zero-order valence-corrected chi connectivity index (χ0v) is 23.8. The number of rotatable bonds is 11. The molecule has 3 aromatic rings. The van der Waals surface area contributed by atoms with Gasteiger partial charge in [0.1, 0.15) is 13.2 Å². The van der Waals surface area contributed by atoms with E-state index < -0.39 is 30.1 Å². The maximum absolute atomic E-state index is 14.0. The zero-order chi connectivity index (χ0) is 29.5. The van der Waals surface area contributed by atoms with E-state index in [4.69, 9.17) is 9.47 Å². The third kappa shape index (κ3) is 6.87. The maximum Gasteiger partial charge on any atom is 0.416 e. The first-order chi connectivity index (χ1) is 20.4. The van der Waals surface area contributed by atoms with Crippen LogP contribution in [-0.2, 0) is 38.3 Å². The predicted octanol–water partition coefficient (Wildman–Crippen LogP) is 5.44. The van der Waals surface area contributed by atoms with Gasteiger partial charge in [-0.15, -0.1) is 0 Å². The lowest BCUT2D eigenvalue weighted by Crippen LogP contribution is -2.45.